The fourth-order valence-electron chi connectivity index (χ4n) is 6.24. The zero-order valence-corrected chi connectivity index (χ0v) is 27.2. The van der Waals surface area contributed by atoms with Crippen molar-refractivity contribution in [3.8, 4) is 34.4 Å². The van der Waals surface area contributed by atoms with Gasteiger partial charge in [0.2, 0.25) is 0 Å². The molecule has 0 bridgehead atoms. The van der Waals surface area contributed by atoms with Gasteiger partial charge in [0.25, 0.3) is 11.4 Å². The largest absolute Gasteiger partial charge is 0.306 e. The normalized spacial score (nSPS) is 15.5. The van der Waals surface area contributed by atoms with Gasteiger partial charge in [0, 0.05) is 17.7 Å². The second-order valence-electron chi connectivity index (χ2n) is 10.7. The van der Waals surface area contributed by atoms with E-state index in [0.717, 1.165) is 18.6 Å². The molecule has 3 aromatic rings. The van der Waals surface area contributed by atoms with E-state index < -0.39 is 47.5 Å². The number of nitrogens with zero attached hydrogens (tertiary/aromatic N) is 4. The molecule has 0 radical (unpaired) electrons. The van der Waals surface area contributed by atoms with E-state index in [1.165, 1.54) is 18.2 Å². The smallest absolute Gasteiger partial charge is 0.270 e. The number of rotatable bonds is 6. The lowest BCUT2D eigenvalue weighted by molar-refractivity contribution is 0.562. The first kappa shape index (κ1) is 32.9. The van der Waals surface area contributed by atoms with E-state index >= 15 is 0 Å². The van der Waals surface area contributed by atoms with E-state index in [0.29, 0.717) is 22.3 Å². The minimum atomic E-state index is -4.05. The van der Waals surface area contributed by atoms with Crippen molar-refractivity contribution in [2.24, 2.45) is 0 Å². The zero-order chi connectivity index (χ0) is 33.9. The monoisotopic (exact) mass is 692 g/mol. The van der Waals surface area contributed by atoms with Gasteiger partial charge in [-0.1, -0.05) is 6.07 Å². The second kappa shape index (κ2) is 11.7. The van der Waals surface area contributed by atoms with Crippen molar-refractivity contribution in [1.82, 2.24) is 0 Å². The van der Waals surface area contributed by atoms with Gasteiger partial charge in [-0.05, 0) is 91.9 Å². The van der Waals surface area contributed by atoms with Crippen molar-refractivity contribution in [1.29, 1.82) is 10.5 Å². The molecule has 2 unspecified atom stereocenters. The molecular weight excluding hydrogens is 673 g/mol. The van der Waals surface area contributed by atoms with Crippen LogP contribution in [0.5, 0.6) is 0 Å². The van der Waals surface area contributed by atoms with Crippen LogP contribution in [-0.4, -0.2) is 46.9 Å². The van der Waals surface area contributed by atoms with Crippen molar-refractivity contribution in [2.45, 2.75) is 34.1 Å². The van der Waals surface area contributed by atoms with Crippen LogP contribution in [0.1, 0.15) is 33.4 Å². The fraction of sp³-hybridized carbons (Fsp3) is 0.200. The third kappa shape index (κ3) is 5.46. The Morgan fingerprint density at radius 2 is 1.30 bits per heavy atom. The van der Waals surface area contributed by atoms with E-state index in [2.05, 4.69) is 9.69 Å². The number of hydrogen-bond donors (Lipinski definition) is 2. The summed E-state index contributed by atoms with van der Waals surface area (Å²) in [6.07, 6.45) is 1.61. The molecule has 0 spiro atoms. The molecule has 46 heavy (non-hydrogen) atoms. The third-order valence-electron chi connectivity index (χ3n) is 7.84. The predicted octanol–water partition coefficient (Wildman–Crippen LogP) is 2.18. The van der Waals surface area contributed by atoms with Crippen LogP contribution in [0.2, 0.25) is 0 Å². The molecule has 0 saturated carbocycles. The van der Waals surface area contributed by atoms with E-state index in [-0.39, 0.29) is 83.7 Å². The molecule has 2 aliphatic carbocycles. The third-order valence-corrected chi connectivity index (χ3v) is 11.2. The Hall–Kier alpha value is -4.52. The zero-order valence-electron chi connectivity index (χ0n) is 23.9. The van der Waals surface area contributed by atoms with Crippen LogP contribution in [-0.2, 0) is 66.2 Å². The van der Waals surface area contributed by atoms with Crippen LogP contribution < -0.4 is 10.4 Å². The summed E-state index contributed by atoms with van der Waals surface area (Å²) in [5, 5.41) is 20.4. The van der Waals surface area contributed by atoms with Crippen molar-refractivity contribution in [2.75, 3.05) is 12.5 Å². The standard InChI is InChI=1S/C30H20N4O8S4/c1-33-24(11-31)27-22-9-18-16(14-44(37)38)5-15(13-43(35)36)6-20(18)28(22)30(25(12-32)34-2)29-21-7-17(45(3,39)40)8-26(46(4,41)42)19(21)10-23(27)29/h5-8H,9-10,13-14H2,3-4H3,(H,35,36)(H,37,38)/b27-24+,30-25+. The number of hydrogen-bond acceptors (Lipinski definition) is 8. The van der Waals surface area contributed by atoms with Gasteiger partial charge in [0.05, 0.1) is 46.6 Å². The first-order valence-corrected chi connectivity index (χ1v) is 19.3. The molecule has 2 aliphatic rings. The number of benzene rings is 3. The Labute approximate surface area is 269 Å². The van der Waals surface area contributed by atoms with E-state index in [1.807, 2.05) is 12.1 Å². The maximum Gasteiger partial charge on any atom is 0.270 e. The van der Waals surface area contributed by atoms with E-state index in [1.54, 1.807) is 0 Å². The Morgan fingerprint density at radius 1 is 0.783 bits per heavy atom. The first-order chi connectivity index (χ1) is 21.5. The van der Waals surface area contributed by atoms with E-state index in [4.69, 9.17) is 13.1 Å². The summed E-state index contributed by atoms with van der Waals surface area (Å²) in [5.74, 6) is -0.742. The van der Waals surface area contributed by atoms with Gasteiger partial charge in [-0.2, -0.15) is 0 Å². The Bertz CT molecular complexity index is 2500. The predicted molar refractivity (Wildman–Crippen MR) is 169 cm³/mol. The minimum absolute atomic E-state index is 0.00876. The van der Waals surface area contributed by atoms with Gasteiger partial charge in [-0.15, -0.1) is 0 Å². The average molecular weight is 693 g/mol. The van der Waals surface area contributed by atoms with Gasteiger partial charge in [-0.25, -0.2) is 45.5 Å². The molecule has 16 heteroatoms. The van der Waals surface area contributed by atoms with Crippen LogP contribution in [0.4, 0.5) is 0 Å². The number of nitriles is 2. The lowest BCUT2D eigenvalue weighted by atomic mass is 9.90. The van der Waals surface area contributed by atoms with Crippen LogP contribution in [0.3, 0.4) is 0 Å². The summed E-state index contributed by atoms with van der Waals surface area (Å²) in [6, 6.07) is 9.06. The molecule has 0 amide bonds. The lowest BCUT2D eigenvalue weighted by Gasteiger charge is -2.15. The molecule has 0 heterocycles. The van der Waals surface area contributed by atoms with Gasteiger partial charge in [-0.3, -0.25) is 0 Å². The van der Waals surface area contributed by atoms with Crippen molar-refractivity contribution < 1.29 is 34.4 Å². The second-order valence-corrected chi connectivity index (χ2v) is 16.5. The lowest BCUT2D eigenvalue weighted by Crippen LogP contribution is -2.25. The molecule has 0 aromatic heterocycles. The maximum atomic E-state index is 13.0. The van der Waals surface area contributed by atoms with Crippen LogP contribution in [0.15, 0.2) is 34.1 Å². The molecule has 0 aliphatic heterocycles. The highest BCUT2D eigenvalue weighted by atomic mass is 32.2. The van der Waals surface area contributed by atoms with Gasteiger partial charge >= 0.3 is 0 Å². The Morgan fingerprint density at radius 3 is 1.78 bits per heavy atom. The van der Waals surface area contributed by atoms with E-state index in [9.17, 15) is 44.9 Å². The van der Waals surface area contributed by atoms with Crippen molar-refractivity contribution in [3.63, 3.8) is 0 Å². The van der Waals surface area contributed by atoms with Gasteiger partial charge < -0.3 is 9.11 Å². The van der Waals surface area contributed by atoms with Crippen molar-refractivity contribution >= 4 is 53.2 Å². The Balaban J connectivity index is 2.14. The fourth-order valence-corrected chi connectivity index (χ4v) is 8.93. The molecule has 12 nitrogen and oxygen atoms in total. The highest BCUT2D eigenvalue weighted by molar-refractivity contribution is 7.91. The summed E-state index contributed by atoms with van der Waals surface area (Å²) in [5.41, 5.74) is 1.75. The highest BCUT2D eigenvalue weighted by Gasteiger charge is 2.36. The summed E-state index contributed by atoms with van der Waals surface area (Å²) in [6.45, 7) is 15.7. The summed E-state index contributed by atoms with van der Waals surface area (Å²) in [4.78, 5) is 6.21. The summed E-state index contributed by atoms with van der Waals surface area (Å²) < 4.78 is 94.7. The summed E-state index contributed by atoms with van der Waals surface area (Å²) in [7, 11) is -8.04. The topological polar surface area (TPSA) is 199 Å². The first-order valence-electron chi connectivity index (χ1n) is 12.9. The van der Waals surface area contributed by atoms with Crippen molar-refractivity contribution in [3.05, 3.63) is 90.9 Å². The molecule has 5 rings (SSSR count). The Kier molecular flexibility index (Phi) is 8.35. The summed E-state index contributed by atoms with van der Waals surface area (Å²) >= 11 is -4.67. The van der Waals surface area contributed by atoms with Gasteiger partial charge in [0.15, 0.2) is 41.8 Å². The highest BCUT2D eigenvalue weighted by Crippen LogP contribution is 2.44. The molecule has 3 aromatic carbocycles. The minimum Gasteiger partial charge on any atom is -0.306 e. The maximum absolute atomic E-state index is 13.0. The van der Waals surface area contributed by atoms with Crippen LogP contribution in [0, 0.1) is 35.8 Å². The molecule has 0 fully saturated rings. The molecule has 2 N–H and O–H groups in total. The molecule has 232 valence electrons. The molecular formula is C30H20N4O8S4. The van der Waals surface area contributed by atoms with Crippen LogP contribution >= 0.6 is 0 Å². The van der Waals surface area contributed by atoms with Crippen LogP contribution in [0.25, 0.3) is 43.3 Å². The molecule has 2 atom stereocenters. The number of sulfone groups is 2. The number of fused-ring (bicyclic) bond motifs is 6. The SMILES string of the molecule is [C-]#[N+]/C(C#N)=c1\c2c(/c(=C(/C#N)[N+]#[C-])c3c1Cc1c-3cc(S(C)(=O)=O)cc1S(C)(=O)=O)-c1cc(CS(=O)O)cc(CS(=O)O)c1C2. The molecule has 0 saturated heterocycles. The quantitative estimate of drug-likeness (QED) is 0.196. The van der Waals surface area contributed by atoms with Gasteiger partial charge in [0.1, 0.15) is 0 Å². The average Bonchev–Trinajstić information content (AvgIpc) is 3.52.